The second-order valence-corrected chi connectivity index (χ2v) is 8.60. The van der Waals surface area contributed by atoms with E-state index in [4.69, 9.17) is 0 Å². The molecule has 6 nitrogen and oxygen atoms in total. The number of hydrogen-bond acceptors (Lipinski definition) is 5. The van der Waals surface area contributed by atoms with Crippen molar-refractivity contribution in [3.05, 3.63) is 29.8 Å². The van der Waals surface area contributed by atoms with Crippen molar-refractivity contribution in [2.45, 2.75) is 38.4 Å². The molecular formula is C17H20F4N4O2S. The molecule has 0 saturated carbocycles. The molecule has 1 aromatic carbocycles. The van der Waals surface area contributed by atoms with Gasteiger partial charge in [-0.1, -0.05) is 6.92 Å². The zero-order chi connectivity index (χ0) is 20.5. The first kappa shape index (κ1) is 20.7. The molecule has 1 aliphatic rings. The third-order valence-corrected chi connectivity index (χ3v) is 6.14. The molecule has 1 aliphatic heterocycles. The lowest BCUT2D eigenvalue weighted by Crippen LogP contribution is -2.45. The van der Waals surface area contributed by atoms with E-state index in [1.807, 2.05) is 0 Å². The average molecular weight is 420 g/mol. The number of rotatable bonds is 5. The van der Waals surface area contributed by atoms with E-state index in [9.17, 15) is 26.0 Å². The fourth-order valence-corrected chi connectivity index (χ4v) is 4.64. The van der Waals surface area contributed by atoms with Crippen molar-refractivity contribution in [1.82, 2.24) is 14.7 Å². The molecule has 1 fully saturated rings. The van der Waals surface area contributed by atoms with Crippen LogP contribution in [0, 0.1) is 5.82 Å². The Bertz CT molecular complexity index is 958. The van der Waals surface area contributed by atoms with Gasteiger partial charge in [-0.05, 0) is 37.5 Å². The van der Waals surface area contributed by atoms with Gasteiger partial charge in [-0.25, -0.2) is 27.5 Å². The van der Waals surface area contributed by atoms with E-state index < -0.39 is 27.8 Å². The predicted octanol–water partition coefficient (Wildman–Crippen LogP) is 3.09. The van der Waals surface area contributed by atoms with Crippen LogP contribution in [0.25, 0.3) is 10.9 Å². The summed E-state index contributed by atoms with van der Waals surface area (Å²) in [4.78, 5) is 8.77. The van der Waals surface area contributed by atoms with Crippen LogP contribution >= 0.6 is 0 Å². The number of sulfonamides is 1. The van der Waals surface area contributed by atoms with E-state index in [0.29, 0.717) is 32.4 Å². The highest BCUT2D eigenvalue weighted by Gasteiger charge is 2.36. The zero-order valence-electron chi connectivity index (χ0n) is 15.1. The first-order valence-electron chi connectivity index (χ1n) is 8.88. The van der Waals surface area contributed by atoms with Gasteiger partial charge in [0.25, 0.3) is 0 Å². The molecule has 1 N–H and O–H groups in total. The van der Waals surface area contributed by atoms with Gasteiger partial charge in [0.15, 0.2) is 0 Å². The van der Waals surface area contributed by atoms with Crippen molar-refractivity contribution >= 4 is 26.7 Å². The monoisotopic (exact) mass is 420 g/mol. The first-order chi connectivity index (χ1) is 13.1. The SMILES string of the molecule is CCCS(=O)(=O)NC1CCN(c2nc(C(F)(F)F)nc3ccc(F)cc23)CC1. The molecule has 0 amide bonds. The van der Waals surface area contributed by atoms with Crippen LogP contribution in [-0.4, -0.2) is 43.3 Å². The standard InChI is InChI=1S/C17H20F4N4O2S/c1-2-9-28(26,27)24-12-5-7-25(8-6-12)15-13-10-11(18)3-4-14(13)22-16(23-15)17(19,20)21/h3-4,10,12,24H,2,5-9H2,1H3. The number of piperidine rings is 1. The Balaban J connectivity index is 1.87. The molecule has 1 saturated heterocycles. The van der Waals surface area contributed by atoms with Gasteiger partial charge in [0.05, 0.1) is 11.3 Å². The van der Waals surface area contributed by atoms with Crippen LogP contribution in [0.4, 0.5) is 23.4 Å². The normalized spacial score (nSPS) is 16.7. The van der Waals surface area contributed by atoms with E-state index in [1.165, 1.54) is 6.07 Å². The van der Waals surface area contributed by atoms with Crippen LogP contribution in [0.1, 0.15) is 32.0 Å². The molecule has 2 heterocycles. The van der Waals surface area contributed by atoms with Crippen molar-refractivity contribution in [3.63, 3.8) is 0 Å². The summed E-state index contributed by atoms with van der Waals surface area (Å²) < 4.78 is 79.6. The third kappa shape index (κ3) is 4.69. The summed E-state index contributed by atoms with van der Waals surface area (Å²) in [5.41, 5.74) is 0.00416. The summed E-state index contributed by atoms with van der Waals surface area (Å²) in [5, 5.41) is 0.193. The van der Waals surface area contributed by atoms with Crippen LogP contribution in [0.15, 0.2) is 18.2 Å². The van der Waals surface area contributed by atoms with Crippen molar-refractivity contribution in [3.8, 4) is 0 Å². The lowest BCUT2D eigenvalue weighted by molar-refractivity contribution is -0.144. The van der Waals surface area contributed by atoms with E-state index in [2.05, 4.69) is 14.7 Å². The Morgan fingerprint density at radius 1 is 1.21 bits per heavy atom. The molecular weight excluding hydrogens is 400 g/mol. The van der Waals surface area contributed by atoms with Crippen LogP contribution in [-0.2, 0) is 16.2 Å². The van der Waals surface area contributed by atoms with E-state index in [-0.39, 0.29) is 28.5 Å². The number of fused-ring (bicyclic) bond motifs is 1. The molecule has 0 aliphatic carbocycles. The molecule has 0 atom stereocenters. The lowest BCUT2D eigenvalue weighted by atomic mass is 10.1. The van der Waals surface area contributed by atoms with Crippen LogP contribution in [0.3, 0.4) is 0 Å². The average Bonchev–Trinajstić information content (AvgIpc) is 2.60. The van der Waals surface area contributed by atoms with Crippen molar-refractivity contribution < 1.29 is 26.0 Å². The maximum Gasteiger partial charge on any atom is 0.451 e. The molecule has 0 bridgehead atoms. The molecule has 28 heavy (non-hydrogen) atoms. The number of alkyl halides is 3. The Morgan fingerprint density at radius 3 is 2.50 bits per heavy atom. The van der Waals surface area contributed by atoms with Crippen molar-refractivity contribution in [2.75, 3.05) is 23.7 Å². The van der Waals surface area contributed by atoms with Gasteiger partial charge in [-0.2, -0.15) is 13.2 Å². The van der Waals surface area contributed by atoms with Gasteiger partial charge in [0, 0.05) is 24.5 Å². The summed E-state index contributed by atoms with van der Waals surface area (Å²) in [7, 11) is -3.37. The Morgan fingerprint density at radius 2 is 1.89 bits per heavy atom. The van der Waals surface area contributed by atoms with Crippen LogP contribution < -0.4 is 9.62 Å². The highest BCUT2D eigenvalue weighted by atomic mass is 32.2. The van der Waals surface area contributed by atoms with Gasteiger partial charge >= 0.3 is 6.18 Å². The summed E-state index contributed by atoms with van der Waals surface area (Å²) >= 11 is 0. The summed E-state index contributed by atoms with van der Waals surface area (Å²) in [6, 6.07) is 3.06. The minimum atomic E-state index is -4.73. The minimum absolute atomic E-state index is 0.00416. The van der Waals surface area contributed by atoms with Crippen molar-refractivity contribution in [1.29, 1.82) is 0 Å². The minimum Gasteiger partial charge on any atom is -0.356 e. The largest absolute Gasteiger partial charge is 0.451 e. The Kier molecular flexibility index (Phi) is 5.76. The number of nitrogens with zero attached hydrogens (tertiary/aromatic N) is 3. The quantitative estimate of drug-likeness (QED) is 0.753. The zero-order valence-corrected chi connectivity index (χ0v) is 15.9. The maximum absolute atomic E-state index is 13.7. The summed E-state index contributed by atoms with van der Waals surface area (Å²) in [6.45, 7) is 2.35. The smallest absolute Gasteiger partial charge is 0.356 e. The highest BCUT2D eigenvalue weighted by Crippen LogP contribution is 2.33. The predicted molar refractivity (Wildman–Crippen MR) is 96.9 cm³/mol. The first-order valence-corrected chi connectivity index (χ1v) is 10.5. The Labute approximate surface area is 160 Å². The second kappa shape index (κ2) is 7.78. The topological polar surface area (TPSA) is 75.2 Å². The van der Waals surface area contributed by atoms with Crippen molar-refractivity contribution in [2.24, 2.45) is 0 Å². The fourth-order valence-electron chi connectivity index (χ4n) is 3.24. The second-order valence-electron chi connectivity index (χ2n) is 6.73. The van der Waals surface area contributed by atoms with Gasteiger partial charge < -0.3 is 4.90 Å². The fraction of sp³-hybridized carbons (Fsp3) is 0.529. The lowest BCUT2D eigenvalue weighted by Gasteiger charge is -2.33. The van der Waals surface area contributed by atoms with E-state index in [0.717, 1.165) is 12.1 Å². The number of aromatic nitrogens is 2. The molecule has 3 rings (SSSR count). The molecule has 1 aromatic heterocycles. The molecule has 154 valence electrons. The van der Waals surface area contributed by atoms with Gasteiger partial charge in [0.1, 0.15) is 11.6 Å². The Hall–Kier alpha value is -2.01. The maximum atomic E-state index is 13.7. The van der Waals surface area contributed by atoms with Gasteiger partial charge in [-0.15, -0.1) is 0 Å². The molecule has 0 unspecified atom stereocenters. The van der Waals surface area contributed by atoms with E-state index >= 15 is 0 Å². The summed E-state index contributed by atoms with van der Waals surface area (Å²) in [6.07, 6.45) is -3.42. The van der Waals surface area contributed by atoms with E-state index in [1.54, 1.807) is 11.8 Å². The molecule has 0 radical (unpaired) electrons. The number of hydrogen-bond donors (Lipinski definition) is 1. The molecule has 0 spiro atoms. The molecule has 11 heteroatoms. The van der Waals surface area contributed by atoms with Crippen LogP contribution in [0.5, 0.6) is 0 Å². The van der Waals surface area contributed by atoms with Crippen LogP contribution in [0.2, 0.25) is 0 Å². The van der Waals surface area contributed by atoms with Gasteiger partial charge in [-0.3, -0.25) is 0 Å². The summed E-state index contributed by atoms with van der Waals surface area (Å²) in [5.74, 6) is -1.85. The number of anilines is 1. The highest BCUT2D eigenvalue weighted by molar-refractivity contribution is 7.89. The molecule has 2 aromatic rings. The third-order valence-electron chi connectivity index (χ3n) is 4.50. The number of halogens is 4. The number of nitrogens with one attached hydrogen (secondary N) is 1. The van der Waals surface area contributed by atoms with Gasteiger partial charge in [0.2, 0.25) is 15.8 Å². The number of benzene rings is 1.